The molecule has 0 unspecified atom stereocenters. The van der Waals surface area contributed by atoms with E-state index >= 15 is 0 Å². The van der Waals surface area contributed by atoms with Gasteiger partial charge < -0.3 is 14.7 Å². The summed E-state index contributed by atoms with van der Waals surface area (Å²) in [4.78, 5) is 13.4. The molecule has 1 fully saturated rings. The van der Waals surface area contributed by atoms with Crippen molar-refractivity contribution in [1.82, 2.24) is 0 Å². The fourth-order valence-corrected chi connectivity index (χ4v) is 3.35. The predicted octanol–water partition coefficient (Wildman–Crippen LogP) is 2.10. The molecule has 4 heteroatoms. The number of para-hydroxylation sites is 1. The number of aliphatic carboxylic acids is 1. The van der Waals surface area contributed by atoms with Crippen LogP contribution in [0.3, 0.4) is 0 Å². The minimum Gasteiger partial charge on any atom is -0.481 e. The van der Waals surface area contributed by atoms with E-state index in [1.807, 2.05) is 12.1 Å². The fraction of sp³-hybridized carbons (Fsp3) is 0.562. The molecule has 108 valence electrons. The molecule has 1 saturated heterocycles. The van der Waals surface area contributed by atoms with Crippen LogP contribution in [0.15, 0.2) is 18.2 Å². The summed E-state index contributed by atoms with van der Waals surface area (Å²) < 4.78 is 5.41. The molecule has 2 aliphatic heterocycles. The second-order valence-corrected chi connectivity index (χ2v) is 5.75. The number of hydrogen-bond acceptors (Lipinski definition) is 3. The van der Waals surface area contributed by atoms with Gasteiger partial charge in [0.2, 0.25) is 0 Å². The normalized spacial score (nSPS) is 19.1. The molecule has 0 bridgehead atoms. The molecule has 0 atom stereocenters. The Morgan fingerprint density at radius 2 is 2.15 bits per heavy atom. The van der Waals surface area contributed by atoms with Gasteiger partial charge in [0, 0.05) is 32.0 Å². The van der Waals surface area contributed by atoms with Crippen molar-refractivity contribution < 1.29 is 14.6 Å². The molecule has 0 aliphatic carbocycles. The molecule has 0 aromatic heterocycles. The van der Waals surface area contributed by atoms with Gasteiger partial charge in [-0.25, -0.2) is 0 Å². The first kappa shape index (κ1) is 13.4. The quantitative estimate of drug-likeness (QED) is 0.914. The zero-order valence-corrected chi connectivity index (χ0v) is 11.7. The zero-order valence-electron chi connectivity index (χ0n) is 11.7. The maximum atomic E-state index is 11.0. The van der Waals surface area contributed by atoms with Crippen LogP contribution in [-0.4, -0.2) is 37.4 Å². The maximum absolute atomic E-state index is 11.0. The van der Waals surface area contributed by atoms with Gasteiger partial charge in [0.1, 0.15) is 0 Å². The van der Waals surface area contributed by atoms with Gasteiger partial charge in [0.25, 0.3) is 0 Å². The first-order valence-corrected chi connectivity index (χ1v) is 7.39. The van der Waals surface area contributed by atoms with E-state index in [0.29, 0.717) is 5.92 Å². The van der Waals surface area contributed by atoms with Crippen molar-refractivity contribution in [3.8, 4) is 0 Å². The summed E-state index contributed by atoms with van der Waals surface area (Å²) in [7, 11) is 0. The second kappa shape index (κ2) is 5.83. The first-order valence-electron chi connectivity index (χ1n) is 7.39. The van der Waals surface area contributed by atoms with E-state index < -0.39 is 5.97 Å². The highest BCUT2D eigenvalue weighted by Gasteiger charge is 2.26. The highest BCUT2D eigenvalue weighted by Crippen LogP contribution is 2.33. The van der Waals surface area contributed by atoms with Crippen molar-refractivity contribution in [3.63, 3.8) is 0 Å². The van der Waals surface area contributed by atoms with E-state index in [4.69, 9.17) is 9.84 Å². The summed E-state index contributed by atoms with van der Waals surface area (Å²) >= 11 is 0. The lowest BCUT2D eigenvalue weighted by atomic mass is 9.99. The molecule has 2 aliphatic rings. The predicted molar refractivity (Wildman–Crippen MR) is 77.2 cm³/mol. The monoisotopic (exact) mass is 275 g/mol. The number of rotatable bonds is 4. The molecule has 1 aromatic carbocycles. The van der Waals surface area contributed by atoms with Gasteiger partial charge in [-0.3, -0.25) is 4.79 Å². The summed E-state index contributed by atoms with van der Waals surface area (Å²) in [5.41, 5.74) is 3.44. The summed E-state index contributed by atoms with van der Waals surface area (Å²) in [6, 6.07) is 6.06. The number of anilines is 1. The molecule has 1 N–H and O–H groups in total. The summed E-state index contributed by atoms with van der Waals surface area (Å²) in [6.45, 7) is 3.78. The minimum atomic E-state index is -0.753. The number of nitrogens with zero attached hydrogens (tertiary/aromatic N) is 1. The molecule has 0 saturated carbocycles. The van der Waals surface area contributed by atoms with Crippen LogP contribution in [0, 0.1) is 5.92 Å². The third kappa shape index (κ3) is 2.80. The molecule has 4 nitrogen and oxygen atoms in total. The molecule has 20 heavy (non-hydrogen) atoms. The Morgan fingerprint density at radius 1 is 1.35 bits per heavy atom. The van der Waals surface area contributed by atoms with Crippen molar-refractivity contribution in [3.05, 3.63) is 29.3 Å². The molecule has 3 rings (SSSR count). The number of hydrogen-bond donors (Lipinski definition) is 1. The van der Waals surface area contributed by atoms with E-state index in [2.05, 4.69) is 11.0 Å². The van der Waals surface area contributed by atoms with E-state index in [1.54, 1.807) is 0 Å². The van der Waals surface area contributed by atoms with Crippen LogP contribution in [0.5, 0.6) is 0 Å². The van der Waals surface area contributed by atoms with Crippen LogP contribution >= 0.6 is 0 Å². The van der Waals surface area contributed by atoms with Crippen LogP contribution in [-0.2, 0) is 22.4 Å². The van der Waals surface area contributed by atoms with Crippen LogP contribution < -0.4 is 4.90 Å². The maximum Gasteiger partial charge on any atom is 0.307 e. The van der Waals surface area contributed by atoms with Crippen LogP contribution in [0.25, 0.3) is 0 Å². The Bertz CT molecular complexity index is 494. The third-order valence-electron chi connectivity index (χ3n) is 4.33. The van der Waals surface area contributed by atoms with Gasteiger partial charge in [-0.05, 0) is 36.3 Å². The number of carbonyl (C=O) groups is 1. The molecular formula is C16H21NO3. The van der Waals surface area contributed by atoms with Crippen molar-refractivity contribution in [2.45, 2.75) is 25.7 Å². The average molecular weight is 275 g/mol. The Morgan fingerprint density at radius 3 is 2.90 bits per heavy atom. The third-order valence-corrected chi connectivity index (χ3v) is 4.33. The van der Waals surface area contributed by atoms with Crippen molar-refractivity contribution in [2.75, 3.05) is 31.2 Å². The molecule has 0 radical (unpaired) electrons. The Labute approximate surface area is 119 Å². The molecular weight excluding hydrogens is 254 g/mol. The summed E-state index contributed by atoms with van der Waals surface area (Å²) in [5.74, 6) is -0.0797. The molecule has 0 spiro atoms. The highest BCUT2D eigenvalue weighted by atomic mass is 16.5. The van der Waals surface area contributed by atoms with Crippen LogP contribution in [0.2, 0.25) is 0 Å². The van der Waals surface area contributed by atoms with E-state index in [0.717, 1.165) is 51.1 Å². The lowest BCUT2D eigenvalue weighted by Crippen LogP contribution is -2.31. The van der Waals surface area contributed by atoms with Gasteiger partial charge in [0.05, 0.1) is 6.42 Å². The second-order valence-electron chi connectivity index (χ2n) is 5.75. The molecule has 2 heterocycles. The zero-order chi connectivity index (χ0) is 13.9. The summed E-state index contributed by atoms with van der Waals surface area (Å²) in [5, 5.41) is 9.07. The lowest BCUT2D eigenvalue weighted by Gasteiger charge is -2.29. The average Bonchev–Trinajstić information content (AvgIpc) is 2.84. The number of benzene rings is 1. The summed E-state index contributed by atoms with van der Waals surface area (Å²) in [6.07, 6.45) is 3.39. The van der Waals surface area contributed by atoms with Crippen molar-refractivity contribution in [1.29, 1.82) is 0 Å². The standard InChI is InChI=1S/C16H21NO3/c18-15(19)10-14-3-1-2-13-4-7-17(16(13)14)11-12-5-8-20-9-6-12/h1-3,12H,4-11H2,(H,18,19). The van der Waals surface area contributed by atoms with Crippen molar-refractivity contribution in [2.24, 2.45) is 5.92 Å². The van der Waals surface area contributed by atoms with Gasteiger partial charge in [-0.15, -0.1) is 0 Å². The number of ether oxygens (including phenoxy) is 1. The Balaban J connectivity index is 1.78. The minimum absolute atomic E-state index is 0.119. The number of carboxylic acid groups (broad SMARTS) is 1. The van der Waals surface area contributed by atoms with Gasteiger partial charge in [0.15, 0.2) is 0 Å². The van der Waals surface area contributed by atoms with E-state index in [1.165, 1.54) is 11.3 Å². The number of carboxylic acids is 1. The number of fused-ring (bicyclic) bond motifs is 1. The van der Waals surface area contributed by atoms with Crippen LogP contribution in [0.4, 0.5) is 5.69 Å². The van der Waals surface area contributed by atoms with E-state index in [9.17, 15) is 4.79 Å². The fourth-order valence-electron chi connectivity index (χ4n) is 3.35. The van der Waals surface area contributed by atoms with Gasteiger partial charge in [-0.1, -0.05) is 18.2 Å². The largest absolute Gasteiger partial charge is 0.481 e. The smallest absolute Gasteiger partial charge is 0.307 e. The topological polar surface area (TPSA) is 49.8 Å². The van der Waals surface area contributed by atoms with Crippen LogP contribution in [0.1, 0.15) is 24.0 Å². The highest BCUT2D eigenvalue weighted by molar-refractivity contribution is 5.75. The van der Waals surface area contributed by atoms with Gasteiger partial charge in [-0.2, -0.15) is 0 Å². The SMILES string of the molecule is O=C(O)Cc1cccc2c1N(CC1CCOCC1)CC2. The lowest BCUT2D eigenvalue weighted by molar-refractivity contribution is -0.136. The first-order chi connectivity index (χ1) is 9.74. The molecule has 0 amide bonds. The van der Waals surface area contributed by atoms with Gasteiger partial charge >= 0.3 is 5.97 Å². The van der Waals surface area contributed by atoms with E-state index in [-0.39, 0.29) is 6.42 Å². The molecule has 1 aromatic rings. The Kier molecular flexibility index (Phi) is 3.92. The van der Waals surface area contributed by atoms with Crippen molar-refractivity contribution >= 4 is 11.7 Å². The Hall–Kier alpha value is -1.55.